The first-order valence-electron chi connectivity index (χ1n) is 8.87. The molecular weight excluding hydrogens is 411 g/mol. The van der Waals surface area contributed by atoms with Crippen LogP contribution in [0.3, 0.4) is 0 Å². The Kier molecular flexibility index (Phi) is 5.10. The molecule has 1 aliphatic rings. The van der Waals surface area contributed by atoms with E-state index in [4.69, 9.17) is 38.4 Å². The Morgan fingerprint density at radius 3 is 2.62 bits per heavy atom. The second kappa shape index (κ2) is 7.70. The first kappa shape index (κ1) is 19.2. The number of nitriles is 1. The smallest absolute Gasteiger partial charge is 0.244 e. The normalized spacial score (nSPS) is 15.4. The van der Waals surface area contributed by atoms with E-state index in [9.17, 15) is 5.26 Å². The Morgan fingerprint density at radius 1 is 1.21 bits per heavy atom. The van der Waals surface area contributed by atoms with Crippen molar-refractivity contribution in [1.82, 2.24) is 10.2 Å². The lowest BCUT2D eigenvalue weighted by atomic mass is 9.83. The molecule has 0 fully saturated rings. The number of nitrogens with one attached hydrogen (secondary N) is 1. The second-order valence-corrected chi connectivity index (χ2v) is 7.19. The van der Waals surface area contributed by atoms with Crippen LogP contribution in [0.5, 0.6) is 11.6 Å². The van der Waals surface area contributed by atoms with Gasteiger partial charge in [0.2, 0.25) is 11.8 Å². The minimum Gasteiger partial charge on any atom is -0.494 e. The van der Waals surface area contributed by atoms with Gasteiger partial charge < -0.3 is 15.2 Å². The monoisotopic (exact) mass is 426 g/mol. The van der Waals surface area contributed by atoms with Crippen molar-refractivity contribution in [2.24, 2.45) is 5.73 Å². The van der Waals surface area contributed by atoms with Crippen LogP contribution in [-0.2, 0) is 0 Å². The van der Waals surface area contributed by atoms with E-state index in [1.54, 1.807) is 12.1 Å². The van der Waals surface area contributed by atoms with Crippen molar-refractivity contribution >= 4 is 23.2 Å². The SMILES string of the molecule is CCOc1ccc([C@@H]2C(C#N)=C(N)Oc3n[nH]c(-c4ccc(Cl)c(Cl)c4)c32)cc1. The van der Waals surface area contributed by atoms with Crippen LogP contribution >= 0.6 is 23.2 Å². The summed E-state index contributed by atoms with van der Waals surface area (Å²) in [6.45, 7) is 2.49. The number of halogens is 2. The van der Waals surface area contributed by atoms with Crippen LogP contribution in [0.1, 0.15) is 24.0 Å². The number of H-pyrrole nitrogens is 1. The lowest BCUT2D eigenvalue weighted by molar-refractivity contribution is 0.340. The van der Waals surface area contributed by atoms with Crippen LogP contribution in [0.2, 0.25) is 10.0 Å². The first-order valence-corrected chi connectivity index (χ1v) is 9.63. The molecule has 0 spiro atoms. The Morgan fingerprint density at radius 2 is 1.97 bits per heavy atom. The zero-order valence-electron chi connectivity index (χ0n) is 15.4. The van der Waals surface area contributed by atoms with Gasteiger partial charge in [-0.25, -0.2) is 0 Å². The fourth-order valence-corrected chi connectivity index (χ4v) is 3.67. The molecule has 29 heavy (non-hydrogen) atoms. The molecule has 0 bridgehead atoms. The number of allylic oxidation sites excluding steroid dienone is 1. The number of aromatic amines is 1. The van der Waals surface area contributed by atoms with E-state index < -0.39 is 5.92 Å². The van der Waals surface area contributed by atoms with Gasteiger partial charge in [0, 0.05) is 5.56 Å². The average Bonchev–Trinajstić information content (AvgIpc) is 3.13. The molecule has 0 unspecified atom stereocenters. The molecule has 8 heteroatoms. The molecule has 6 nitrogen and oxygen atoms in total. The Labute approximate surface area is 177 Å². The lowest BCUT2D eigenvalue weighted by Gasteiger charge is -2.24. The van der Waals surface area contributed by atoms with Crippen molar-refractivity contribution < 1.29 is 9.47 Å². The van der Waals surface area contributed by atoms with E-state index in [1.807, 2.05) is 37.3 Å². The number of hydrogen-bond acceptors (Lipinski definition) is 5. The van der Waals surface area contributed by atoms with E-state index in [-0.39, 0.29) is 5.88 Å². The van der Waals surface area contributed by atoms with Gasteiger partial charge in [-0.05, 0) is 36.8 Å². The van der Waals surface area contributed by atoms with Crippen LogP contribution < -0.4 is 15.2 Å². The molecule has 4 rings (SSSR count). The zero-order chi connectivity index (χ0) is 20.5. The molecule has 0 aliphatic carbocycles. The molecule has 0 saturated heterocycles. The fraction of sp³-hybridized carbons (Fsp3) is 0.143. The van der Waals surface area contributed by atoms with E-state index >= 15 is 0 Å². The van der Waals surface area contributed by atoms with Gasteiger partial charge in [0.05, 0.1) is 33.8 Å². The van der Waals surface area contributed by atoms with Gasteiger partial charge in [0.25, 0.3) is 0 Å². The molecule has 0 radical (unpaired) electrons. The molecule has 0 saturated carbocycles. The molecule has 3 N–H and O–H groups in total. The quantitative estimate of drug-likeness (QED) is 0.611. The van der Waals surface area contributed by atoms with Crippen LogP contribution in [0, 0.1) is 11.3 Å². The summed E-state index contributed by atoms with van der Waals surface area (Å²) in [6, 6.07) is 15.0. The molecule has 3 aromatic rings. The summed E-state index contributed by atoms with van der Waals surface area (Å²) in [5, 5.41) is 17.9. The van der Waals surface area contributed by atoms with Crippen molar-refractivity contribution in [3.8, 4) is 29.0 Å². The van der Waals surface area contributed by atoms with Crippen LogP contribution in [-0.4, -0.2) is 16.8 Å². The molecular formula is C21H16Cl2N4O2. The number of nitrogens with zero attached hydrogens (tertiary/aromatic N) is 2. The number of aromatic nitrogens is 2. The third kappa shape index (κ3) is 3.39. The highest BCUT2D eigenvalue weighted by molar-refractivity contribution is 6.42. The summed E-state index contributed by atoms with van der Waals surface area (Å²) in [6.07, 6.45) is 0. The van der Waals surface area contributed by atoms with Crippen LogP contribution in [0.25, 0.3) is 11.3 Å². The summed E-state index contributed by atoms with van der Waals surface area (Å²) in [4.78, 5) is 0. The molecule has 2 heterocycles. The summed E-state index contributed by atoms with van der Waals surface area (Å²) in [5.41, 5.74) is 9.34. The highest BCUT2D eigenvalue weighted by Gasteiger charge is 2.35. The Bertz CT molecular complexity index is 1150. The summed E-state index contributed by atoms with van der Waals surface area (Å²) in [5.74, 6) is 0.644. The van der Waals surface area contributed by atoms with Gasteiger partial charge in [-0.3, -0.25) is 5.10 Å². The van der Waals surface area contributed by atoms with E-state index in [0.717, 1.165) is 16.9 Å². The predicted molar refractivity (Wildman–Crippen MR) is 111 cm³/mol. The highest BCUT2D eigenvalue weighted by atomic mass is 35.5. The maximum atomic E-state index is 9.78. The first-order chi connectivity index (χ1) is 14.0. The standard InChI is InChI=1S/C21H16Cl2N4O2/c1-2-28-13-6-3-11(4-7-13)17-14(10-24)20(25)29-21-18(17)19(26-27-21)12-5-8-15(22)16(23)9-12/h3-9,17H,2,25H2,1H3,(H,26,27)/t17-/m1/s1. The number of benzene rings is 2. The van der Waals surface area contributed by atoms with Crippen LogP contribution in [0.15, 0.2) is 53.9 Å². The van der Waals surface area contributed by atoms with Crippen molar-refractivity contribution in [1.29, 1.82) is 5.26 Å². The molecule has 146 valence electrons. The molecule has 1 aliphatic heterocycles. The van der Waals surface area contributed by atoms with Gasteiger partial charge in [-0.1, -0.05) is 41.4 Å². The Hall–Kier alpha value is -3.14. The van der Waals surface area contributed by atoms with Crippen molar-refractivity contribution in [2.45, 2.75) is 12.8 Å². The minimum atomic E-state index is -0.456. The second-order valence-electron chi connectivity index (χ2n) is 6.37. The van der Waals surface area contributed by atoms with Crippen LogP contribution in [0.4, 0.5) is 0 Å². The molecule has 2 aromatic carbocycles. The van der Waals surface area contributed by atoms with Gasteiger partial charge in [0.1, 0.15) is 17.4 Å². The minimum absolute atomic E-state index is 0.0334. The molecule has 1 atom stereocenters. The number of nitrogens with two attached hydrogens (primary N) is 1. The van der Waals surface area contributed by atoms with E-state index in [1.165, 1.54) is 0 Å². The predicted octanol–water partition coefficient (Wildman–Crippen LogP) is 5.00. The third-order valence-corrected chi connectivity index (χ3v) is 5.41. The summed E-state index contributed by atoms with van der Waals surface area (Å²) in [7, 11) is 0. The van der Waals surface area contributed by atoms with Gasteiger partial charge in [-0.2, -0.15) is 5.26 Å². The fourth-order valence-electron chi connectivity index (χ4n) is 3.37. The third-order valence-electron chi connectivity index (χ3n) is 4.67. The maximum absolute atomic E-state index is 9.78. The van der Waals surface area contributed by atoms with Gasteiger partial charge in [0.15, 0.2) is 0 Å². The van der Waals surface area contributed by atoms with E-state index in [0.29, 0.717) is 39.4 Å². The number of fused-ring (bicyclic) bond motifs is 1. The van der Waals surface area contributed by atoms with E-state index in [2.05, 4.69) is 16.3 Å². The molecule has 0 amide bonds. The molecule has 1 aromatic heterocycles. The highest BCUT2D eigenvalue weighted by Crippen LogP contribution is 2.46. The maximum Gasteiger partial charge on any atom is 0.244 e. The van der Waals surface area contributed by atoms with Crippen molar-refractivity contribution in [3.05, 3.63) is 75.1 Å². The Balaban J connectivity index is 1.88. The van der Waals surface area contributed by atoms with Crippen molar-refractivity contribution in [3.63, 3.8) is 0 Å². The topological polar surface area (TPSA) is 96.9 Å². The number of rotatable bonds is 4. The average molecular weight is 427 g/mol. The zero-order valence-corrected chi connectivity index (χ0v) is 16.9. The lowest BCUT2D eigenvalue weighted by Crippen LogP contribution is -2.21. The van der Waals surface area contributed by atoms with Gasteiger partial charge >= 0.3 is 0 Å². The number of ether oxygens (including phenoxy) is 2. The van der Waals surface area contributed by atoms with Crippen molar-refractivity contribution in [2.75, 3.05) is 6.61 Å². The van der Waals surface area contributed by atoms with Gasteiger partial charge in [-0.15, -0.1) is 5.10 Å². The number of hydrogen-bond donors (Lipinski definition) is 2. The summed E-state index contributed by atoms with van der Waals surface area (Å²) >= 11 is 12.3. The summed E-state index contributed by atoms with van der Waals surface area (Å²) < 4.78 is 11.1. The largest absolute Gasteiger partial charge is 0.494 e.